The Morgan fingerprint density at radius 1 is 1.44 bits per heavy atom. The Labute approximate surface area is 93.1 Å². The normalized spacial score (nSPS) is 10.6. The third kappa shape index (κ3) is 1.79. The van der Waals surface area contributed by atoms with E-state index in [0.717, 1.165) is 16.5 Å². The summed E-state index contributed by atoms with van der Waals surface area (Å²) in [7, 11) is 1.36. The van der Waals surface area contributed by atoms with Gasteiger partial charge in [0.1, 0.15) is 6.54 Å². The first-order valence-electron chi connectivity index (χ1n) is 5.00. The second-order valence-electron chi connectivity index (χ2n) is 3.53. The lowest BCUT2D eigenvalue weighted by atomic mass is 10.1. The molecule has 0 saturated heterocycles. The number of benzene rings is 1. The SMILES string of the molecule is COC(=O)Cn1ccc2cccc(CO)c21. The Bertz CT molecular complexity index is 516. The molecule has 84 valence electrons. The summed E-state index contributed by atoms with van der Waals surface area (Å²) in [4.78, 5) is 11.2. The summed E-state index contributed by atoms with van der Waals surface area (Å²) in [6, 6.07) is 7.59. The molecule has 0 spiro atoms. The smallest absolute Gasteiger partial charge is 0.325 e. The van der Waals surface area contributed by atoms with Crippen LogP contribution in [-0.4, -0.2) is 22.8 Å². The molecule has 16 heavy (non-hydrogen) atoms. The lowest BCUT2D eigenvalue weighted by Crippen LogP contribution is -2.11. The van der Waals surface area contributed by atoms with Crippen molar-refractivity contribution < 1.29 is 14.6 Å². The molecule has 2 rings (SSSR count). The van der Waals surface area contributed by atoms with Gasteiger partial charge in [-0.15, -0.1) is 0 Å². The molecule has 0 saturated carbocycles. The fraction of sp³-hybridized carbons (Fsp3) is 0.250. The number of esters is 1. The van der Waals surface area contributed by atoms with Crippen LogP contribution in [0.15, 0.2) is 30.5 Å². The summed E-state index contributed by atoms with van der Waals surface area (Å²) in [5.41, 5.74) is 1.70. The first-order valence-corrected chi connectivity index (χ1v) is 5.00. The average Bonchev–Trinajstić information content (AvgIpc) is 2.72. The van der Waals surface area contributed by atoms with E-state index in [0.29, 0.717) is 0 Å². The van der Waals surface area contributed by atoms with Crippen molar-refractivity contribution in [2.45, 2.75) is 13.2 Å². The summed E-state index contributed by atoms with van der Waals surface area (Å²) in [6.45, 7) is 0.125. The average molecular weight is 219 g/mol. The van der Waals surface area contributed by atoms with Crippen LogP contribution in [0.1, 0.15) is 5.56 Å². The Hall–Kier alpha value is -1.81. The number of aromatic nitrogens is 1. The Kier molecular flexibility index (Phi) is 2.92. The number of hydrogen-bond acceptors (Lipinski definition) is 3. The minimum absolute atomic E-state index is 0.0392. The number of nitrogens with zero attached hydrogens (tertiary/aromatic N) is 1. The summed E-state index contributed by atoms with van der Waals surface area (Å²) in [6.07, 6.45) is 1.82. The van der Waals surface area contributed by atoms with E-state index in [1.54, 1.807) is 4.57 Å². The van der Waals surface area contributed by atoms with E-state index < -0.39 is 0 Å². The molecule has 1 aromatic heterocycles. The molecule has 0 radical (unpaired) electrons. The van der Waals surface area contributed by atoms with Gasteiger partial charge in [0.15, 0.2) is 0 Å². The molecular weight excluding hydrogens is 206 g/mol. The van der Waals surface area contributed by atoms with Crippen molar-refractivity contribution in [2.75, 3.05) is 7.11 Å². The molecule has 4 heteroatoms. The molecule has 4 nitrogen and oxygen atoms in total. The van der Waals surface area contributed by atoms with Gasteiger partial charge < -0.3 is 14.4 Å². The lowest BCUT2D eigenvalue weighted by Gasteiger charge is -2.06. The topological polar surface area (TPSA) is 51.5 Å². The highest BCUT2D eigenvalue weighted by Crippen LogP contribution is 2.20. The second-order valence-corrected chi connectivity index (χ2v) is 3.53. The van der Waals surface area contributed by atoms with Crippen molar-refractivity contribution in [1.82, 2.24) is 4.57 Å². The monoisotopic (exact) mass is 219 g/mol. The number of fused-ring (bicyclic) bond motifs is 1. The van der Waals surface area contributed by atoms with Crippen LogP contribution < -0.4 is 0 Å². The van der Waals surface area contributed by atoms with Crippen molar-refractivity contribution in [3.05, 3.63) is 36.0 Å². The van der Waals surface area contributed by atoms with E-state index in [1.807, 2.05) is 30.5 Å². The standard InChI is InChI=1S/C12H13NO3/c1-16-11(15)7-13-6-5-9-3-2-4-10(8-14)12(9)13/h2-6,14H,7-8H2,1H3. The Balaban J connectivity index is 2.49. The molecule has 0 fully saturated rings. The van der Waals surface area contributed by atoms with E-state index in [1.165, 1.54) is 7.11 Å². The molecule has 1 N–H and O–H groups in total. The first kappa shape index (κ1) is 10.7. The molecule has 0 atom stereocenters. The highest BCUT2D eigenvalue weighted by molar-refractivity contribution is 5.84. The van der Waals surface area contributed by atoms with Crippen molar-refractivity contribution in [3.63, 3.8) is 0 Å². The van der Waals surface area contributed by atoms with Gasteiger partial charge in [-0.25, -0.2) is 0 Å². The van der Waals surface area contributed by atoms with Gasteiger partial charge in [-0.3, -0.25) is 4.79 Å². The molecule has 1 heterocycles. The molecule has 1 aromatic carbocycles. The minimum Gasteiger partial charge on any atom is -0.468 e. The van der Waals surface area contributed by atoms with Crippen molar-refractivity contribution in [3.8, 4) is 0 Å². The Morgan fingerprint density at radius 2 is 2.25 bits per heavy atom. The van der Waals surface area contributed by atoms with E-state index in [-0.39, 0.29) is 19.1 Å². The summed E-state index contributed by atoms with van der Waals surface area (Å²) < 4.78 is 6.41. The molecule has 0 bridgehead atoms. The maximum atomic E-state index is 11.2. The number of aliphatic hydroxyl groups excluding tert-OH is 1. The minimum atomic E-state index is -0.301. The maximum Gasteiger partial charge on any atom is 0.325 e. The fourth-order valence-corrected chi connectivity index (χ4v) is 1.80. The van der Waals surface area contributed by atoms with Crippen LogP contribution in [-0.2, 0) is 22.7 Å². The highest BCUT2D eigenvalue weighted by atomic mass is 16.5. The number of aliphatic hydroxyl groups is 1. The summed E-state index contributed by atoms with van der Waals surface area (Å²) in [5, 5.41) is 10.2. The Morgan fingerprint density at radius 3 is 2.94 bits per heavy atom. The molecule has 0 unspecified atom stereocenters. The third-order valence-electron chi connectivity index (χ3n) is 2.57. The van der Waals surface area contributed by atoms with Crippen molar-refractivity contribution in [2.24, 2.45) is 0 Å². The largest absolute Gasteiger partial charge is 0.468 e. The summed E-state index contributed by atoms with van der Waals surface area (Å²) in [5.74, 6) is -0.301. The molecule has 0 amide bonds. The van der Waals surface area contributed by atoms with Crippen LogP contribution in [0.25, 0.3) is 10.9 Å². The van der Waals surface area contributed by atoms with E-state index >= 15 is 0 Å². The zero-order valence-corrected chi connectivity index (χ0v) is 9.01. The molecule has 0 aliphatic carbocycles. The quantitative estimate of drug-likeness (QED) is 0.792. The number of carbonyl (C=O) groups excluding carboxylic acids is 1. The van der Waals surface area contributed by atoms with Gasteiger partial charge in [-0.05, 0) is 11.5 Å². The van der Waals surface area contributed by atoms with Crippen LogP contribution in [0, 0.1) is 0 Å². The predicted octanol–water partition coefficient (Wildman–Crippen LogP) is 1.31. The lowest BCUT2D eigenvalue weighted by molar-refractivity contribution is -0.141. The van der Waals surface area contributed by atoms with Crippen LogP contribution >= 0.6 is 0 Å². The number of ether oxygens (including phenoxy) is 1. The van der Waals surface area contributed by atoms with E-state index in [9.17, 15) is 9.90 Å². The second kappa shape index (κ2) is 4.37. The molecule has 2 aromatic rings. The predicted molar refractivity (Wildman–Crippen MR) is 59.9 cm³/mol. The number of carbonyl (C=O) groups is 1. The first-order chi connectivity index (χ1) is 7.76. The van der Waals surface area contributed by atoms with Gasteiger partial charge >= 0.3 is 5.97 Å². The van der Waals surface area contributed by atoms with Gasteiger partial charge in [-0.1, -0.05) is 18.2 Å². The van der Waals surface area contributed by atoms with Crippen LogP contribution in [0.3, 0.4) is 0 Å². The number of para-hydroxylation sites is 1. The zero-order chi connectivity index (χ0) is 11.5. The summed E-state index contributed by atoms with van der Waals surface area (Å²) >= 11 is 0. The van der Waals surface area contributed by atoms with Crippen molar-refractivity contribution in [1.29, 1.82) is 0 Å². The zero-order valence-electron chi connectivity index (χ0n) is 9.01. The number of rotatable bonds is 3. The van der Waals surface area contributed by atoms with Gasteiger partial charge in [0.05, 0.1) is 19.2 Å². The van der Waals surface area contributed by atoms with E-state index in [2.05, 4.69) is 4.74 Å². The molecule has 0 aliphatic rings. The highest BCUT2D eigenvalue weighted by Gasteiger charge is 2.08. The van der Waals surface area contributed by atoms with E-state index in [4.69, 9.17) is 0 Å². The van der Waals surface area contributed by atoms with Gasteiger partial charge in [0, 0.05) is 11.8 Å². The molecular formula is C12H13NO3. The van der Waals surface area contributed by atoms with Gasteiger partial charge in [0.25, 0.3) is 0 Å². The van der Waals surface area contributed by atoms with Gasteiger partial charge in [0.2, 0.25) is 0 Å². The van der Waals surface area contributed by atoms with Crippen LogP contribution in [0.5, 0.6) is 0 Å². The number of methoxy groups -OCH3 is 1. The fourth-order valence-electron chi connectivity index (χ4n) is 1.80. The van der Waals surface area contributed by atoms with Crippen molar-refractivity contribution >= 4 is 16.9 Å². The maximum absolute atomic E-state index is 11.2. The third-order valence-corrected chi connectivity index (χ3v) is 2.57. The number of hydrogen-bond donors (Lipinski definition) is 1. The van der Waals surface area contributed by atoms with Gasteiger partial charge in [-0.2, -0.15) is 0 Å². The molecule has 0 aliphatic heterocycles. The van der Waals surface area contributed by atoms with Crippen LogP contribution in [0.2, 0.25) is 0 Å². The van der Waals surface area contributed by atoms with Crippen LogP contribution in [0.4, 0.5) is 0 Å².